The van der Waals surface area contributed by atoms with E-state index in [2.05, 4.69) is 9.71 Å². The van der Waals surface area contributed by atoms with Crippen molar-refractivity contribution in [1.82, 2.24) is 9.71 Å². The molecule has 0 spiro atoms. The number of fused-ring (bicyclic) bond motifs is 1. The van der Waals surface area contributed by atoms with Gasteiger partial charge in [0.15, 0.2) is 6.61 Å². The minimum atomic E-state index is -3.83. The molecule has 0 fully saturated rings. The molecule has 0 aliphatic heterocycles. The Bertz CT molecular complexity index is 1150. The van der Waals surface area contributed by atoms with Gasteiger partial charge in [0.2, 0.25) is 15.8 Å². The molecule has 0 unspecified atom stereocenters. The molecule has 0 saturated carbocycles. The fourth-order valence-corrected chi connectivity index (χ4v) is 3.94. The first-order valence-electron chi connectivity index (χ1n) is 9.16. The lowest BCUT2D eigenvalue weighted by Crippen LogP contribution is -2.31. The zero-order chi connectivity index (χ0) is 21.0. The predicted molar refractivity (Wildman–Crippen MR) is 109 cm³/mol. The van der Waals surface area contributed by atoms with Gasteiger partial charge in [-0.15, -0.1) is 0 Å². The van der Waals surface area contributed by atoms with Crippen molar-refractivity contribution in [1.29, 1.82) is 0 Å². The predicted octanol–water partition coefficient (Wildman–Crippen LogP) is 2.74. The third kappa shape index (κ3) is 4.72. The second-order valence-electron chi connectivity index (χ2n) is 6.62. The summed E-state index contributed by atoms with van der Waals surface area (Å²) in [6, 6.07) is 11.9. The van der Waals surface area contributed by atoms with Gasteiger partial charge < -0.3 is 9.72 Å². The Labute approximate surface area is 169 Å². The number of carbonyl (C=O) groups excluding carboxylic acids is 2. The lowest BCUT2D eigenvalue weighted by atomic mass is 10.1. The van der Waals surface area contributed by atoms with Crippen molar-refractivity contribution < 1.29 is 22.7 Å². The third-order valence-electron chi connectivity index (χ3n) is 4.59. The van der Waals surface area contributed by atoms with Gasteiger partial charge in [-0.05, 0) is 31.0 Å². The van der Waals surface area contributed by atoms with E-state index in [9.17, 15) is 18.0 Å². The molecule has 152 valence electrons. The smallest absolute Gasteiger partial charge is 0.321 e. The average molecular weight is 414 g/mol. The van der Waals surface area contributed by atoms with Crippen LogP contribution in [0.1, 0.15) is 28.4 Å². The first-order valence-corrected chi connectivity index (χ1v) is 10.6. The SMILES string of the molecule is CCc1cccc2c(C(=O)COC(=O)CNS(=O)(=O)c3ccc(C)cc3)c[nH]c12. The molecule has 8 heteroatoms. The van der Waals surface area contributed by atoms with Gasteiger partial charge in [-0.1, -0.05) is 42.8 Å². The Kier molecular flexibility index (Phi) is 6.14. The average Bonchev–Trinajstić information content (AvgIpc) is 3.15. The number of benzene rings is 2. The van der Waals surface area contributed by atoms with Gasteiger partial charge in [0.1, 0.15) is 6.54 Å². The number of Topliss-reactive ketones (excluding diaryl/α,β-unsaturated/α-hetero) is 1. The Morgan fingerprint density at radius 2 is 1.83 bits per heavy atom. The summed E-state index contributed by atoms with van der Waals surface area (Å²) in [5.74, 6) is -1.19. The topological polar surface area (TPSA) is 105 Å². The number of aryl methyl sites for hydroxylation is 2. The number of H-pyrrole nitrogens is 1. The standard InChI is InChI=1S/C21H22N2O5S/c1-3-15-5-4-6-17-18(11-22-21(15)17)19(24)13-28-20(25)12-23-29(26,27)16-9-7-14(2)8-10-16/h4-11,22-23H,3,12-13H2,1-2H3. The number of aromatic nitrogens is 1. The van der Waals surface area contributed by atoms with Crippen molar-refractivity contribution in [2.24, 2.45) is 0 Å². The number of hydrogen-bond acceptors (Lipinski definition) is 5. The Morgan fingerprint density at radius 1 is 1.10 bits per heavy atom. The van der Waals surface area contributed by atoms with Crippen LogP contribution < -0.4 is 4.72 Å². The number of nitrogens with one attached hydrogen (secondary N) is 2. The van der Waals surface area contributed by atoms with Crippen LogP contribution in [-0.4, -0.2) is 38.3 Å². The van der Waals surface area contributed by atoms with Gasteiger partial charge in [0.25, 0.3) is 0 Å². The summed E-state index contributed by atoms with van der Waals surface area (Å²) in [6.45, 7) is 2.84. The van der Waals surface area contributed by atoms with Crippen LogP contribution in [0, 0.1) is 6.92 Å². The summed E-state index contributed by atoms with van der Waals surface area (Å²) in [6.07, 6.45) is 2.42. The Hall–Kier alpha value is -2.97. The molecule has 0 radical (unpaired) electrons. The first kappa shape index (κ1) is 20.8. The maximum Gasteiger partial charge on any atom is 0.321 e. The molecule has 29 heavy (non-hydrogen) atoms. The van der Waals surface area contributed by atoms with Gasteiger partial charge >= 0.3 is 5.97 Å². The number of rotatable bonds is 8. The van der Waals surface area contributed by atoms with Crippen LogP contribution in [0.4, 0.5) is 0 Å². The molecule has 0 amide bonds. The summed E-state index contributed by atoms with van der Waals surface area (Å²) in [5, 5.41) is 0.769. The molecule has 7 nitrogen and oxygen atoms in total. The highest BCUT2D eigenvalue weighted by Crippen LogP contribution is 2.22. The monoisotopic (exact) mass is 414 g/mol. The van der Waals surface area contributed by atoms with Crippen molar-refractivity contribution in [3.8, 4) is 0 Å². The van der Waals surface area contributed by atoms with Crippen LogP contribution >= 0.6 is 0 Å². The Balaban J connectivity index is 1.58. The summed E-state index contributed by atoms with van der Waals surface area (Å²) < 4.78 is 31.5. The molecule has 0 saturated heterocycles. The van der Waals surface area contributed by atoms with E-state index in [4.69, 9.17) is 4.74 Å². The van der Waals surface area contributed by atoms with E-state index >= 15 is 0 Å². The summed E-state index contributed by atoms with van der Waals surface area (Å²) >= 11 is 0. The summed E-state index contributed by atoms with van der Waals surface area (Å²) in [5.41, 5.74) is 3.33. The van der Waals surface area contributed by atoms with Crippen molar-refractivity contribution in [2.75, 3.05) is 13.2 Å². The fraction of sp³-hybridized carbons (Fsp3) is 0.238. The summed E-state index contributed by atoms with van der Waals surface area (Å²) in [4.78, 5) is 27.5. The second kappa shape index (κ2) is 8.59. The third-order valence-corrected chi connectivity index (χ3v) is 6.00. The molecule has 1 heterocycles. The van der Waals surface area contributed by atoms with Crippen LogP contribution in [0.2, 0.25) is 0 Å². The largest absolute Gasteiger partial charge is 0.456 e. The Morgan fingerprint density at radius 3 is 2.52 bits per heavy atom. The van der Waals surface area contributed by atoms with E-state index in [0.29, 0.717) is 5.56 Å². The molecule has 0 bridgehead atoms. The van der Waals surface area contributed by atoms with Crippen LogP contribution in [0.15, 0.2) is 53.6 Å². The first-order chi connectivity index (χ1) is 13.8. The normalized spacial score (nSPS) is 11.5. The van der Waals surface area contributed by atoms with E-state index < -0.39 is 29.1 Å². The minimum absolute atomic E-state index is 0.0532. The number of sulfonamides is 1. The molecule has 2 aromatic carbocycles. The highest BCUT2D eigenvalue weighted by atomic mass is 32.2. The molecule has 3 aromatic rings. The van der Waals surface area contributed by atoms with Crippen molar-refractivity contribution in [3.05, 3.63) is 65.4 Å². The number of ether oxygens (including phenoxy) is 1. The van der Waals surface area contributed by atoms with Gasteiger partial charge in [0.05, 0.1) is 4.90 Å². The minimum Gasteiger partial charge on any atom is -0.456 e. The number of para-hydroxylation sites is 1. The zero-order valence-electron chi connectivity index (χ0n) is 16.2. The van der Waals surface area contributed by atoms with Gasteiger partial charge in [-0.2, -0.15) is 4.72 Å². The molecule has 0 aliphatic rings. The summed E-state index contributed by atoms with van der Waals surface area (Å²) in [7, 11) is -3.83. The molecule has 3 rings (SSSR count). The lowest BCUT2D eigenvalue weighted by molar-refractivity contribution is -0.141. The van der Waals surface area contributed by atoms with E-state index in [0.717, 1.165) is 28.5 Å². The van der Waals surface area contributed by atoms with E-state index in [-0.39, 0.29) is 10.7 Å². The van der Waals surface area contributed by atoms with Crippen molar-refractivity contribution in [3.63, 3.8) is 0 Å². The molecule has 0 aliphatic carbocycles. The maximum atomic E-state index is 12.4. The fourth-order valence-electron chi connectivity index (χ4n) is 2.97. The van der Waals surface area contributed by atoms with E-state index in [1.165, 1.54) is 12.1 Å². The van der Waals surface area contributed by atoms with E-state index in [1.54, 1.807) is 18.3 Å². The highest BCUT2D eigenvalue weighted by Gasteiger charge is 2.18. The van der Waals surface area contributed by atoms with Crippen LogP contribution in [0.3, 0.4) is 0 Å². The zero-order valence-corrected chi connectivity index (χ0v) is 17.0. The highest BCUT2D eigenvalue weighted by molar-refractivity contribution is 7.89. The van der Waals surface area contributed by atoms with Crippen molar-refractivity contribution >= 4 is 32.7 Å². The number of esters is 1. The van der Waals surface area contributed by atoms with Crippen LogP contribution in [0.5, 0.6) is 0 Å². The molecular weight excluding hydrogens is 392 g/mol. The maximum absolute atomic E-state index is 12.4. The van der Waals surface area contributed by atoms with Gasteiger partial charge in [-0.25, -0.2) is 8.42 Å². The van der Waals surface area contributed by atoms with Gasteiger partial charge in [0, 0.05) is 22.7 Å². The molecule has 0 atom stereocenters. The van der Waals surface area contributed by atoms with Crippen molar-refractivity contribution in [2.45, 2.75) is 25.2 Å². The molecule has 2 N–H and O–H groups in total. The molecule has 1 aromatic heterocycles. The number of hydrogen-bond donors (Lipinski definition) is 2. The number of carbonyl (C=O) groups is 2. The van der Waals surface area contributed by atoms with Crippen LogP contribution in [-0.2, 0) is 26.0 Å². The second-order valence-corrected chi connectivity index (χ2v) is 8.38. The lowest BCUT2D eigenvalue weighted by Gasteiger charge is -2.07. The van der Waals surface area contributed by atoms with Crippen LogP contribution in [0.25, 0.3) is 10.9 Å². The number of aromatic amines is 1. The quantitative estimate of drug-likeness (QED) is 0.436. The van der Waals surface area contributed by atoms with E-state index in [1.807, 2.05) is 32.0 Å². The molecular formula is C21H22N2O5S. The number of ketones is 1. The van der Waals surface area contributed by atoms with Gasteiger partial charge in [-0.3, -0.25) is 9.59 Å².